The molecule has 2 atom stereocenters. The van der Waals surface area contributed by atoms with Crippen molar-refractivity contribution in [2.75, 3.05) is 18.4 Å². The molecule has 1 N–H and O–H groups in total. The highest BCUT2D eigenvalue weighted by atomic mass is 19.1. The molecule has 2 bridgehead atoms. The monoisotopic (exact) mass is 417 g/mol. The quantitative estimate of drug-likeness (QED) is 0.804. The van der Waals surface area contributed by atoms with E-state index in [1.54, 1.807) is 6.07 Å². The van der Waals surface area contributed by atoms with Crippen molar-refractivity contribution in [3.8, 4) is 0 Å². The summed E-state index contributed by atoms with van der Waals surface area (Å²) in [5, 5.41) is 2.75. The molecule has 1 saturated heterocycles. The number of benzene rings is 2. The van der Waals surface area contributed by atoms with Crippen LogP contribution in [0.4, 0.5) is 14.9 Å². The van der Waals surface area contributed by atoms with E-state index in [0.29, 0.717) is 23.7 Å². The summed E-state index contributed by atoms with van der Waals surface area (Å²) in [6, 6.07) is 13.0. The average molecular weight is 417 g/mol. The van der Waals surface area contributed by atoms with Crippen LogP contribution in [0.3, 0.4) is 0 Å². The molecule has 5 nitrogen and oxygen atoms in total. The van der Waals surface area contributed by atoms with Gasteiger partial charge >= 0.3 is 6.03 Å². The molecule has 3 amide bonds. The lowest BCUT2D eigenvalue weighted by molar-refractivity contribution is -0.132. The third-order valence-corrected chi connectivity index (χ3v) is 7.05. The highest BCUT2D eigenvalue weighted by Gasteiger charge is 2.42. The smallest absolute Gasteiger partial charge is 0.322 e. The summed E-state index contributed by atoms with van der Waals surface area (Å²) in [6.07, 6.45) is 5.78. The molecule has 0 unspecified atom stereocenters. The Balaban J connectivity index is 1.14. The Hall–Kier alpha value is -3.15. The largest absolute Gasteiger partial charge is 0.334 e. The van der Waals surface area contributed by atoms with Crippen LogP contribution in [0.1, 0.15) is 41.9 Å². The highest BCUT2D eigenvalue weighted by Crippen LogP contribution is 2.44. The first-order valence-corrected chi connectivity index (χ1v) is 11.0. The van der Waals surface area contributed by atoms with Gasteiger partial charge in [-0.05, 0) is 65.6 Å². The summed E-state index contributed by atoms with van der Waals surface area (Å²) in [6.45, 7) is 0.936. The Bertz CT molecular complexity index is 1110. The van der Waals surface area contributed by atoms with Crippen LogP contribution < -0.4 is 5.32 Å². The Morgan fingerprint density at radius 1 is 1.10 bits per heavy atom. The van der Waals surface area contributed by atoms with E-state index >= 15 is 0 Å². The van der Waals surface area contributed by atoms with Crippen molar-refractivity contribution in [3.05, 3.63) is 71.0 Å². The molecule has 2 fully saturated rings. The van der Waals surface area contributed by atoms with E-state index in [-0.39, 0.29) is 36.9 Å². The topological polar surface area (TPSA) is 52.7 Å². The first-order chi connectivity index (χ1) is 15.0. The van der Waals surface area contributed by atoms with Gasteiger partial charge in [-0.15, -0.1) is 0 Å². The number of amides is 3. The second-order valence-electron chi connectivity index (χ2n) is 9.15. The van der Waals surface area contributed by atoms with Crippen LogP contribution in [0.25, 0.3) is 5.57 Å². The van der Waals surface area contributed by atoms with Gasteiger partial charge < -0.3 is 15.1 Å². The van der Waals surface area contributed by atoms with E-state index in [0.717, 1.165) is 12.3 Å². The van der Waals surface area contributed by atoms with Gasteiger partial charge in [0, 0.05) is 18.2 Å². The van der Waals surface area contributed by atoms with Gasteiger partial charge in [-0.25, -0.2) is 9.18 Å². The van der Waals surface area contributed by atoms with Gasteiger partial charge in [-0.3, -0.25) is 4.79 Å². The lowest BCUT2D eigenvalue weighted by Crippen LogP contribution is -2.47. The molecule has 31 heavy (non-hydrogen) atoms. The molecule has 4 aliphatic rings. The van der Waals surface area contributed by atoms with Crippen LogP contribution >= 0.6 is 0 Å². The molecular weight excluding hydrogens is 393 g/mol. The summed E-state index contributed by atoms with van der Waals surface area (Å²) in [5.41, 5.74) is 5.34. The maximum atomic E-state index is 13.6. The number of nitrogens with one attached hydrogen (secondary N) is 1. The molecule has 158 valence electrons. The molecule has 2 aromatic rings. The maximum absolute atomic E-state index is 13.6. The van der Waals surface area contributed by atoms with Crippen molar-refractivity contribution < 1.29 is 14.0 Å². The number of hydrogen-bond donors (Lipinski definition) is 1. The fourth-order valence-corrected chi connectivity index (χ4v) is 5.24. The molecule has 2 aliphatic carbocycles. The lowest BCUT2D eigenvalue weighted by Gasteiger charge is -2.32. The minimum atomic E-state index is -0.346. The summed E-state index contributed by atoms with van der Waals surface area (Å²) in [4.78, 5) is 28.8. The molecular formula is C25H24FN3O2. The maximum Gasteiger partial charge on any atom is 0.322 e. The molecule has 6 rings (SSSR count). The number of likely N-dealkylation sites (tertiary alicyclic amines) is 1. The Labute approximate surface area is 180 Å². The number of carbonyl (C=O) groups is 2. The van der Waals surface area contributed by atoms with Crippen LogP contribution in [-0.4, -0.2) is 40.9 Å². The van der Waals surface area contributed by atoms with Crippen molar-refractivity contribution >= 4 is 23.2 Å². The zero-order valence-corrected chi connectivity index (χ0v) is 17.2. The van der Waals surface area contributed by atoms with Gasteiger partial charge in [0.05, 0.1) is 12.6 Å². The molecule has 1 saturated carbocycles. The fourth-order valence-electron chi connectivity index (χ4n) is 5.24. The second-order valence-corrected chi connectivity index (χ2v) is 9.15. The summed E-state index contributed by atoms with van der Waals surface area (Å²) in [5.74, 6) is 0.708. The minimum Gasteiger partial charge on any atom is -0.334 e. The fraction of sp³-hybridized carbons (Fsp3) is 0.360. The van der Waals surface area contributed by atoms with E-state index in [4.69, 9.17) is 0 Å². The lowest BCUT2D eigenvalue weighted by atomic mass is 9.94. The number of urea groups is 1. The summed E-state index contributed by atoms with van der Waals surface area (Å²) >= 11 is 0. The standard InChI is InChI=1S/C25H24FN3O2/c26-20-7-8-23-19(9-20)12-28(25(31)27-23)14-24(30)29-13-18-10-21(29)11-22(18)17-5-3-16(4-6-17)15-1-2-15/h3-9,11,15,18,21H,1-2,10,12-14H2,(H,27,31)/t18-,21-/m0/s1. The van der Waals surface area contributed by atoms with E-state index in [1.165, 1.54) is 46.6 Å². The van der Waals surface area contributed by atoms with Crippen LogP contribution in [0.2, 0.25) is 0 Å². The number of nitrogens with zero attached hydrogens (tertiary/aromatic N) is 2. The van der Waals surface area contributed by atoms with Gasteiger partial charge in [0.25, 0.3) is 0 Å². The summed E-state index contributed by atoms with van der Waals surface area (Å²) in [7, 11) is 0. The molecule has 2 aromatic carbocycles. The Morgan fingerprint density at radius 2 is 1.90 bits per heavy atom. The van der Waals surface area contributed by atoms with Crippen LogP contribution in [0, 0.1) is 11.7 Å². The first kappa shape index (κ1) is 18.6. The van der Waals surface area contributed by atoms with Crippen molar-refractivity contribution in [2.45, 2.75) is 37.8 Å². The normalized spacial score (nSPS) is 24.2. The molecule has 0 aromatic heterocycles. The molecule has 0 spiro atoms. The predicted octanol–water partition coefficient (Wildman–Crippen LogP) is 4.36. The first-order valence-electron chi connectivity index (χ1n) is 11.0. The van der Waals surface area contributed by atoms with Gasteiger partial charge in [-0.2, -0.15) is 0 Å². The van der Waals surface area contributed by atoms with Crippen LogP contribution in [0.15, 0.2) is 48.5 Å². The second kappa shape index (κ2) is 6.94. The van der Waals surface area contributed by atoms with E-state index in [1.807, 2.05) is 4.90 Å². The number of halogens is 1. The van der Waals surface area contributed by atoms with Gasteiger partial charge in [-0.1, -0.05) is 30.3 Å². The third kappa shape index (κ3) is 3.30. The van der Waals surface area contributed by atoms with Crippen LogP contribution in [-0.2, 0) is 11.3 Å². The van der Waals surface area contributed by atoms with Gasteiger partial charge in [0.1, 0.15) is 12.4 Å². The Kier molecular flexibility index (Phi) is 4.16. The summed E-state index contributed by atoms with van der Waals surface area (Å²) < 4.78 is 13.6. The van der Waals surface area contributed by atoms with Crippen molar-refractivity contribution in [1.29, 1.82) is 0 Å². The third-order valence-electron chi connectivity index (χ3n) is 7.05. The molecule has 6 heteroatoms. The number of fused-ring (bicyclic) bond motifs is 3. The van der Waals surface area contributed by atoms with E-state index in [2.05, 4.69) is 35.7 Å². The number of hydrogen-bond acceptors (Lipinski definition) is 2. The van der Waals surface area contributed by atoms with Crippen LogP contribution in [0.5, 0.6) is 0 Å². The molecule has 0 radical (unpaired) electrons. The van der Waals surface area contributed by atoms with Crippen molar-refractivity contribution in [2.24, 2.45) is 5.92 Å². The zero-order chi connectivity index (χ0) is 21.1. The average Bonchev–Trinajstić information content (AvgIpc) is 3.42. The predicted molar refractivity (Wildman–Crippen MR) is 116 cm³/mol. The zero-order valence-electron chi connectivity index (χ0n) is 17.2. The number of carbonyl (C=O) groups excluding carboxylic acids is 2. The van der Waals surface area contributed by atoms with Gasteiger partial charge in [0.15, 0.2) is 0 Å². The highest BCUT2D eigenvalue weighted by molar-refractivity contribution is 5.95. The van der Waals surface area contributed by atoms with E-state index in [9.17, 15) is 14.0 Å². The molecule has 2 aliphatic heterocycles. The van der Waals surface area contributed by atoms with Crippen molar-refractivity contribution in [1.82, 2.24) is 9.80 Å². The number of rotatable bonds is 4. The number of anilines is 1. The SMILES string of the molecule is O=C1Nc2ccc(F)cc2CN1CC(=O)N1C[C@@H]2C[C@H]1C=C2c1ccc(C2CC2)cc1. The van der Waals surface area contributed by atoms with Gasteiger partial charge in [0.2, 0.25) is 5.91 Å². The van der Waals surface area contributed by atoms with E-state index < -0.39 is 0 Å². The van der Waals surface area contributed by atoms with Crippen molar-refractivity contribution in [3.63, 3.8) is 0 Å². The minimum absolute atomic E-state index is 0.00423. The molecule has 2 heterocycles. The Morgan fingerprint density at radius 3 is 2.61 bits per heavy atom.